The highest BCUT2D eigenvalue weighted by Gasteiger charge is 2.20. The molecule has 23 heavy (non-hydrogen) atoms. The summed E-state index contributed by atoms with van der Waals surface area (Å²) in [4.78, 5) is 27.0. The first-order valence-corrected chi connectivity index (χ1v) is 8.81. The highest BCUT2D eigenvalue weighted by atomic mass is 32.2. The van der Waals surface area contributed by atoms with Gasteiger partial charge in [-0.2, -0.15) is 0 Å². The molecular weight excluding hydrogens is 312 g/mol. The summed E-state index contributed by atoms with van der Waals surface area (Å²) in [6.45, 7) is 4.11. The zero-order valence-corrected chi connectivity index (χ0v) is 13.9. The Morgan fingerprint density at radius 3 is 2.52 bits per heavy atom. The zero-order chi connectivity index (χ0) is 16.2. The number of hydrogen-bond acceptors (Lipinski definition) is 4. The van der Waals surface area contributed by atoms with E-state index in [1.165, 1.54) is 11.8 Å². The molecule has 0 aromatic heterocycles. The van der Waals surface area contributed by atoms with Crippen LogP contribution in [0.1, 0.15) is 30.1 Å². The summed E-state index contributed by atoms with van der Waals surface area (Å²) in [6, 6.07) is 7.07. The first-order chi connectivity index (χ1) is 11.1. The summed E-state index contributed by atoms with van der Waals surface area (Å²) in [7, 11) is 0. The van der Waals surface area contributed by atoms with Crippen molar-refractivity contribution in [1.29, 1.82) is 0 Å². The van der Waals surface area contributed by atoms with Crippen LogP contribution in [0.4, 0.5) is 5.69 Å². The third kappa shape index (κ3) is 3.69. The molecule has 0 spiro atoms. The predicted molar refractivity (Wildman–Crippen MR) is 91.3 cm³/mol. The maximum absolute atomic E-state index is 12.3. The van der Waals surface area contributed by atoms with Gasteiger partial charge in [0, 0.05) is 30.1 Å². The summed E-state index contributed by atoms with van der Waals surface area (Å²) in [5.41, 5.74) is 1.34. The molecule has 1 aromatic carbocycles. The number of carbonyl (C=O) groups excluding carboxylic acids is 2. The lowest BCUT2D eigenvalue weighted by molar-refractivity contribution is -0.112. The number of amides is 2. The van der Waals surface area contributed by atoms with Crippen LogP contribution in [0, 0.1) is 0 Å². The lowest BCUT2D eigenvalue weighted by Crippen LogP contribution is -2.27. The molecule has 0 unspecified atom stereocenters. The number of likely N-dealkylation sites (tertiary alicyclic amines) is 1. The van der Waals surface area contributed by atoms with Gasteiger partial charge < -0.3 is 15.0 Å². The van der Waals surface area contributed by atoms with Gasteiger partial charge in [0.1, 0.15) is 10.7 Å². The first-order valence-electron chi connectivity index (χ1n) is 7.82. The standard InChI is InChI=1S/C17H20N2O3S/c1-12-15(23-11-10-22-12)16(20)18-14-6-4-13(5-7-14)17(21)19-8-2-3-9-19/h4-7H,2-3,8-11H2,1H3,(H,18,20). The zero-order valence-electron chi connectivity index (χ0n) is 13.1. The summed E-state index contributed by atoms with van der Waals surface area (Å²) in [6.07, 6.45) is 2.15. The molecule has 122 valence electrons. The number of thioether (sulfide) groups is 1. The summed E-state index contributed by atoms with van der Waals surface area (Å²) in [5, 5.41) is 2.86. The average Bonchev–Trinajstić information content (AvgIpc) is 3.09. The first kappa shape index (κ1) is 15.9. The fourth-order valence-corrected chi connectivity index (χ4v) is 3.53. The molecule has 0 aliphatic carbocycles. The van der Waals surface area contributed by atoms with E-state index in [1.54, 1.807) is 31.2 Å². The van der Waals surface area contributed by atoms with E-state index < -0.39 is 0 Å². The minimum absolute atomic E-state index is 0.0650. The van der Waals surface area contributed by atoms with E-state index in [-0.39, 0.29) is 11.8 Å². The molecule has 0 bridgehead atoms. The maximum Gasteiger partial charge on any atom is 0.265 e. The third-order valence-electron chi connectivity index (χ3n) is 3.96. The number of allylic oxidation sites excluding steroid dienone is 1. The maximum atomic E-state index is 12.3. The third-order valence-corrected chi connectivity index (χ3v) is 5.09. The summed E-state index contributed by atoms with van der Waals surface area (Å²) < 4.78 is 5.40. The van der Waals surface area contributed by atoms with E-state index in [1.807, 2.05) is 4.90 Å². The van der Waals surface area contributed by atoms with Gasteiger partial charge in [0.05, 0.1) is 6.61 Å². The van der Waals surface area contributed by atoms with Crippen LogP contribution >= 0.6 is 11.8 Å². The number of nitrogens with zero attached hydrogens (tertiary/aromatic N) is 1. The van der Waals surface area contributed by atoms with Crippen LogP contribution in [0.5, 0.6) is 0 Å². The van der Waals surface area contributed by atoms with Crippen molar-refractivity contribution in [3.63, 3.8) is 0 Å². The number of nitrogens with one attached hydrogen (secondary N) is 1. The van der Waals surface area contributed by atoms with E-state index in [9.17, 15) is 9.59 Å². The molecule has 0 saturated carbocycles. The average molecular weight is 332 g/mol. The Morgan fingerprint density at radius 2 is 1.87 bits per heavy atom. The van der Waals surface area contributed by atoms with Crippen LogP contribution in [-0.2, 0) is 9.53 Å². The minimum Gasteiger partial charge on any atom is -0.496 e. The lowest BCUT2D eigenvalue weighted by Gasteiger charge is -2.18. The molecule has 1 fully saturated rings. The fraction of sp³-hybridized carbons (Fsp3) is 0.412. The molecule has 1 saturated heterocycles. The van der Waals surface area contributed by atoms with Crippen molar-refractivity contribution in [3.05, 3.63) is 40.5 Å². The second-order valence-corrected chi connectivity index (χ2v) is 6.72. The van der Waals surface area contributed by atoms with Crippen LogP contribution in [0.2, 0.25) is 0 Å². The topological polar surface area (TPSA) is 58.6 Å². The number of benzene rings is 1. The van der Waals surface area contributed by atoms with Crippen LogP contribution < -0.4 is 5.32 Å². The molecule has 0 atom stereocenters. The van der Waals surface area contributed by atoms with Gasteiger partial charge >= 0.3 is 0 Å². The van der Waals surface area contributed by atoms with Gasteiger partial charge in [0.15, 0.2) is 0 Å². The van der Waals surface area contributed by atoms with Crippen LogP contribution in [0.3, 0.4) is 0 Å². The molecule has 1 N–H and O–H groups in total. The fourth-order valence-electron chi connectivity index (χ4n) is 2.72. The second kappa shape index (κ2) is 7.08. The molecule has 2 amide bonds. The quantitative estimate of drug-likeness (QED) is 0.925. The Balaban J connectivity index is 1.65. The van der Waals surface area contributed by atoms with Crippen molar-refractivity contribution in [3.8, 4) is 0 Å². The van der Waals surface area contributed by atoms with E-state index >= 15 is 0 Å². The van der Waals surface area contributed by atoms with Crippen LogP contribution in [-0.4, -0.2) is 42.2 Å². The van der Waals surface area contributed by atoms with Crippen LogP contribution in [0.15, 0.2) is 34.9 Å². The number of ether oxygens (including phenoxy) is 1. The molecule has 5 nitrogen and oxygen atoms in total. The van der Waals surface area contributed by atoms with E-state index in [0.717, 1.165) is 31.7 Å². The van der Waals surface area contributed by atoms with Gasteiger partial charge in [-0.15, -0.1) is 11.8 Å². The van der Waals surface area contributed by atoms with E-state index in [2.05, 4.69) is 5.32 Å². The number of anilines is 1. The van der Waals surface area contributed by atoms with Crippen molar-refractivity contribution in [2.45, 2.75) is 19.8 Å². The molecule has 0 radical (unpaired) electrons. The van der Waals surface area contributed by atoms with Crippen molar-refractivity contribution in [1.82, 2.24) is 4.90 Å². The Bertz CT molecular complexity index is 634. The van der Waals surface area contributed by atoms with Gasteiger partial charge in [0.25, 0.3) is 11.8 Å². The molecule has 3 rings (SSSR count). The summed E-state index contributed by atoms with van der Waals surface area (Å²) in [5.74, 6) is 1.35. The molecule has 6 heteroatoms. The Hall–Kier alpha value is -1.95. The lowest BCUT2D eigenvalue weighted by atomic mass is 10.2. The largest absolute Gasteiger partial charge is 0.496 e. The highest BCUT2D eigenvalue weighted by molar-refractivity contribution is 8.04. The van der Waals surface area contributed by atoms with Crippen molar-refractivity contribution in [2.24, 2.45) is 0 Å². The number of hydrogen-bond donors (Lipinski definition) is 1. The SMILES string of the molecule is CC1=C(C(=O)Nc2ccc(C(=O)N3CCCC3)cc2)SCCO1. The Morgan fingerprint density at radius 1 is 1.17 bits per heavy atom. The van der Waals surface area contributed by atoms with Crippen molar-refractivity contribution < 1.29 is 14.3 Å². The molecule has 2 aliphatic rings. The minimum atomic E-state index is -0.161. The molecule has 1 aromatic rings. The van der Waals surface area contributed by atoms with Crippen molar-refractivity contribution in [2.75, 3.05) is 30.8 Å². The number of rotatable bonds is 3. The summed E-state index contributed by atoms with van der Waals surface area (Å²) >= 11 is 1.51. The van der Waals surface area contributed by atoms with E-state index in [4.69, 9.17) is 4.74 Å². The predicted octanol–water partition coefficient (Wildman–Crippen LogP) is 2.86. The van der Waals surface area contributed by atoms with E-state index in [0.29, 0.717) is 28.5 Å². The molecule has 2 heterocycles. The van der Waals surface area contributed by atoms with Crippen LogP contribution in [0.25, 0.3) is 0 Å². The monoisotopic (exact) mass is 332 g/mol. The van der Waals surface area contributed by atoms with Gasteiger partial charge in [-0.1, -0.05) is 0 Å². The molecular formula is C17H20N2O3S. The van der Waals surface area contributed by atoms with Crippen molar-refractivity contribution >= 4 is 29.3 Å². The van der Waals surface area contributed by atoms with Gasteiger partial charge in [0.2, 0.25) is 0 Å². The Labute approximate surface area is 140 Å². The highest BCUT2D eigenvalue weighted by Crippen LogP contribution is 2.26. The molecule has 2 aliphatic heterocycles. The normalized spacial score (nSPS) is 17.9. The van der Waals surface area contributed by atoms with Gasteiger partial charge in [-0.05, 0) is 44.0 Å². The van der Waals surface area contributed by atoms with Gasteiger partial charge in [-0.25, -0.2) is 0 Å². The Kier molecular flexibility index (Phi) is 4.91. The van der Waals surface area contributed by atoms with Gasteiger partial charge in [-0.3, -0.25) is 9.59 Å². The number of carbonyl (C=O) groups is 2. The smallest absolute Gasteiger partial charge is 0.265 e. The second-order valence-electron chi connectivity index (χ2n) is 5.61.